The van der Waals surface area contributed by atoms with Crippen LogP contribution in [0.25, 0.3) is 0 Å². The van der Waals surface area contributed by atoms with Gasteiger partial charge in [-0.1, -0.05) is 0 Å². The van der Waals surface area contributed by atoms with E-state index in [0.717, 1.165) is 5.75 Å². The van der Waals surface area contributed by atoms with Crippen molar-refractivity contribution in [1.29, 1.82) is 0 Å². The lowest BCUT2D eigenvalue weighted by molar-refractivity contribution is -0.138. The smallest absolute Gasteiger partial charge is 0.305 e. The minimum Gasteiger partial charge on any atom is -0.481 e. The molecule has 0 radical (unpaired) electrons. The molecule has 1 aliphatic heterocycles. The van der Waals surface area contributed by atoms with Gasteiger partial charge >= 0.3 is 5.97 Å². The quantitative estimate of drug-likeness (QED) is 0.509. The zero-order valence-corrected chi connectivity index (χ0v) is 16.9. The van der Waals surface area contributed by atoms with Gasteiger partial charge in [-0.3, -0.25) is 9.59 Å². The first kappa shape index (κ1) is 21.2. The van der Waals surface area contributed by atoms with Gasteiger partial charge in [0.2, 0.25) is 5.91 Å². The molecule has 0 spiro atoms. The van der Waals surface area contributed by atoms with Crippen molar-refractivity contribution in [2.24, 2.45) is 5.73 Å². The molecule has 0 saturated carbocycles. The van der Waals surface area contributed by atoms with E-state index in [-0.39, 0.29) is 15.9 Å². The van der Waals surface area contributed by atoms with Gasteiger partial charge in [0.25, 0.3) is 0 Å². The summed E-state index contributed by atoms with van der Waals surface area (Å²) in [5, 5.41) is 11.4. The van der Waals surface area contributed by atoms with Crippen molar-refractivity contribution in [2.75, 3.05) is 16.8 Å². The average Bonchev–Trinajstić information content (AvgIpc) is 3.46. The van der Waals surface area contributed by atoms with E-state index in [1.54, 1.807) is 48.2 Å². The Labute approximate surface area is 172 Å². The average molecular weight is 437 g/mol. The first-order valence-electron chi connectivity index (χ1n) is 8.73. The van der Waals surface area contributed by atoms with Crippen molar-refractivity contribution in [3.8, 4) is 11.5 Å². The van der Waals surface area contributed by atoms with Crippen LogP contribution < -0.4 is 15.8 Å². The second kappa shape index (κ2) is 8.85. The summed E-state index contributed by atoms with van der Waals surface area (Å²) in [7, 11) is -3.28. The maximum Gasteiger partial charge on any atom is 0.305 e. The fourth-order valence-corrected chi connectivity index (χ4v) is 5.15. The number of hydrogen-bond acceptors (Lipinski definition) is 7. The van der Waals surface area contributed by atoms with Crippen molar-refractivity contribution in [3.63, 3.8) is 0 Å². The summed E-state index contributed by atoms with van der Waals surface area (Å²) < 4.78 is 30.2. The minimum absolute atomic E-state index is 0.154. The topological polar surface area (TPSA) is 136 Å². The third kappa shape index (κ3) is 6.21. The SMILES string of the molecule is NC(CC(=O)O)C(=O)Nc1ccc(Oc2ccc(S(=O)(=O)CC3CS3)cc2)cc1. The number of carbonyl (C=O) groups is 2. The third-order valence-corrected chi connectivity index (χ3v) is 7.09. The van der Waals surface area contributed by atoms with Crippen LogP contribution in [0.2, 0.25) is 0 Å². The molecule has 154 valence electrons. The van der Waals surface area contributed by atoms with E-state index >= 15 is 0 Å². The Morgan fingerprint density at radius 3 is 2.21 bits per heavy atom. The summed E-state index contributed by atoms with van der Waals surface area (Å²) in [6.07, 6.45) is -0.460. The highest BCUT2D eigenvalue weighted by Crippen LogP contribution is 2.33. The van der Waals surface area contributed by atoms with Gasteiger partial charge in [-0.05, 0) is 48.5 Å². The highest BCUT2D eigenvalue weighted by atomic mass is 32.2. The third-order valence-electron chi connectivity index (χ3n) is 4.08. The number of nitrogens with two attached hydrogens (primary N) is 1. The highest BCUT2D eigenvalue weighted by molar-refractivity contribution is 8.08. The number of ether oxygens (including phenoxy) is 1. The van der Waals surface area contributed by atoms with Crippen LogP contribution in [-0.4, -0.2) is 48.2 Å². The fraction of sp³-hybridized carbons (Fsp3) is 0.263. The Morgan fingerprint density at radius 1 is 1.14 bits per heavy atom. The first-order valence-corrected chi connectivity index (χ1v) is 11.4. The van der Waals surface area contributed by atoms with E-state index in [4.69, 9.17) is 15.6 Å². The molecule has 1 fully saturated rings. The molecule has 2 unspecified atom stereocenters. The molecule has 2 aromatic rings. The van der Waals surface area contributed by atoms with Crippen LogP contribution in [0.3, 0.4) is 0 Å². The zero-order valence-electron chi connectivity index (χ0n) is 15.3. The van der Waals surface area contributed by atoms with Crippen LogP contribution in [-0.2, 0) is 19.4 Å². The number of anilines is 1. The summed E-state index contributed by atoms with van der Waals surface area (Å²) in [5.74, 6) is 0.265. The molecule has 1 heterocycles. The largest absolute Gasteiger partial charge is 0.481 e. The van der Waals surface area contributed by atoms with Crippen molar-refractivity contribution in [2.45, 2.75) is 22.6 Å². The predicted octanol–water partition coefficient (Wildman–Crippen LogP) is 2.11. The van der Waals surface area contributed by atoms with E-state index < -0.39 is 34.2 Å². The number of sulfone groups is 1. The van der Waals surface area contributed by atoms with Crippen LogP contribution in [0.4, 0.5) is 5.69 Å². The standard InChI is InChI=1S/C19H20N2O6S2/c20-17(9-18(22)23)19(24)21-12-1-3-13(4-2-12)27-14-5-7-16(8-6-14)29(25,26)11-15-10-28-15/h1-8,15,17H,9-11,20H2,(H,21,24)(H,22,23). The monoisotopic (exact) mass is 436 g/mol. The summed E-state index contributed by atoms with van der Waals surface area (Å²) in [5.41, 5.74) is 5.96. The normalized spacial score (nSPS) is 16.7. The van der Waals surface area contributed by atoms with Crippen molar-refractivity contribution in [1.82, 2.24) is 0 Å². The molecule has 8 nitrogen and oxygen atoms in total. The highest BCUT2D eigenvalue weighted by Gasteiger charge is 2.29. The van der Waals surface area contributed by atoms with Crippen LogP contribution in [0, 0.1) is 0 Å². The van der Waals surface area contributed by atoms with E-state index in [2.05, 4.69) is 5.32 Å². The van der Waals surface area contributed by atoms with Crippen molar-refractivity contribution >= 4 is 39.2 Å². The number of carboxylic acid groups (broad SMARTS) is 1. The Bertz CT molecular complexity index is 986. The number of rotatable bonds is 9. The predicted molar refractivity (Wildman–Crippen MR) is 110 cm³/mol. The molecule has 10 heteroatoms. The second-order valence-corrected chi connectivity index (χ2v) is 9.90. The van der Waals surface area contributed by atoms with Gasteiger partial charge in [0.05, 0.1) is 23.1 Å². The maximum atomic E-state index is 12.3. The number of aliphatic carboxylic acids is 1. The molecule has 1 saturated heterocycles. The van der Waals surface area contributed by atoms with Gasteiger partial charge in [0.15, 0.2) is 9.84 Å². The maximum absolute atomic E-state index is 12.3. The number of thioether (sulfide) groups is 1. The molecule has 2 aromatic carbocycles. The molecule has 0 bridgehead atoms. The van der Waals surface area contributed by atoms with Gasteiger partial charge in [-0.15, -0.1) is 0 Å². The van der Waals surface area contributed by atoms with Gasteiger partial charge in [-0.2, -0.15) is 11.8 Å². The van der Waals surface area contributed by atoms with Crippen LogP contribution in [0.1, 0.15) is 6.42 Å². The van der Waals surface area contributed by atoms with E-state index in [9.17, 15) is 18.0 Å². The van der Waals surface area contributed by atoms with Gasteiger partial charge < -0.3 is 20.9 Å². The summed E-state index contributed by atoms with van der Waals surface area (Å²) in [4.78, 5) is 22.7. The number of benzene rings is 2. The van der Waals surface area contributed by atoms with Crippen LogP contribution in [0.5, 0.6) is 11.5 Å². The molecule has 0 aliphatic carbocycles. The van der Waals surface area contributed by atoms with Crippen LogP contribution in [0.15, 0.2) is 53.4 Å². The first-order chi connectivity index (χ1) is 13.7. The second-order valence-electron chi connectivity index (χ2n) is 6.53. The van der Waals surface area contributed by atoms with Gasteiger partial charge in [-0.25, -0.2) is 8.42 Å². The number of carboxylic acids is 1. The molecular weight excluding hydrogens is 416 g/mol. The summed E-state index contributed by atoms with van der Waals surface area (Å²) >= 11 is 1.64. The molecule has 4 N–H and O–H groups in total. The van der Waals surface area contributed by atoms with E-state index in [1.165, 1.54) is 12.1 Å². The van der Waals surface area contributed by atoms with E-state index in [0.29, 0.717) is 17.2 Å². The minimum atomic E-state index is -3.28. The van der Waals surface area contributed by atoms with Gasteiger partial charge in [0.1, 0.15) is 11.5 Å². The molecule has 1 amide bonds. The number of hydrogen-bond donors (Lipinski definition) is 3. The Morgan fingerprint density at radius 2 is 1.69 bits per heavy atom. The number of nitrogens with one attached hydrogen (secondary N) is 1. The zero-order chi connectivity index (χ0) is 21.0. The Balaban J connectivity index is 1.58. The molecule has 2 atom stereocenters. The van der Waals surface area contributed by atoms with Crippen molar-refractivity contribution in [3.05, 3.63) is 48.5 Å². The Kier molecular flexibility index (Phi) is 6.46. The lowest BCUT2D eigenvalue weighted by atomic mass is 10.2. The molecule has 0 aromatic heterocycles. The fourth-order valence-electron chi connectivity index (χ4n) is 2.48. The lowest BCUT2D eigenvalue weighted by Gasteiger charge is -2.11. The summed E-state index contributed by atoms with van der Waals surface area (Å²) in [6.45, 7) is 0. The molecule has 1 aliphatic rings. The van der Waals surface area contributed by atoms with E-state index in [1.807, 2.05) is 0 Å². The number of amides is 1. The lowest BCUT2D eigenvalue weighted by Crippen LogP contribution is -2.37. The molecule has 3 rings (SSSR count). The molecule has 29 heavy (non-hydrogen) atoms. The van der Waals surface area contributed by atoms with Crippen molar-refractivity contribution < 1.29 is 27.9 Å². The summed E-state index contributed by atoms with van der Waals surface area (Å²) in [6, 6.07) is 11.5. The van der Waals surface area contributed by atoms with Crippen LogP contribution >= 0.6 is 11.8 Å². The molecular formula is C19H20N2O6S2. The number of carbonyl (C=O) groups excluding carboxylic acids is 1. The Hall–Kier alpha value is -2.56. The van der Waals surface area contributed by atoms with Gasteiger partial charge in [0, 0.05) is 16.7 Å².